The SMILES string of the molecule is c1ccc(-c2cccc(-c3nc(-c4cccc(-c5ccccc5)c4)nc(-c4cc(-c5cccc(-c6ccc(-c7ncccn7)cc6)c5)ccc4-c4ncccn4)n3)c2)cc1. The van der Waals surface area contributed by atoms with E-state index in [0.717, 1.165) is 72.3 Å². The van der Waals surface area contributed by atoms with Crippen LogP contribution >= 0.6 is 0 Å². The molecule has 3 heterocycles. The largest absolute Gasteiger partial charge is 0.237 e. The maximum Gasteiger partial charge on any atom is 0.164 e. The summed E-state index contributed by atoms with van der Waals surface area (Å²) in [5.41, 5.74) is 12.9. The Balaban J connectivity index is 1.12. The zero-order valence-electron chi connectivity index (χ0n) is 32.3. The first kappa shape index (κ1) is 36.1. The van der Waals surface area contributed by atoms with Gasteiger partial charge in [-0.3, -0.25) is 0 Å². The molecule has 7 heteroatoms. The molecule has 7 nitrogen and oxygen atoms in total. The van der Waals surface area contributed by atoms with Crippen molar-refractivity contribution in [3.63, 3.8) is 0 Å². The van der Waals surface area contributed by atoms with Crippen molar-refractivity contribution in [1.29, 1.82) is 0 Å². The van der Waals surface area contributed by atoms with Gasteiger partial charge < -0.3 is 0 Å². The molecule has 0 spiro atoms. The minimum Gasteiger partial charge on any atom is -0.237 e. The second-order valence-electron chi connectivity index (χ2n) is 14.3. The third-order valence-electron chi connectivity index (χ3n) is 10.4. The molecule has 0 aliphatic heterocycles. The van der Waals surface area contributed by atoms with Gasteiger partial charge in [0.2, 0.25) is 0 Å². The maximum atomic E-state index is 5.25. The molecular formula is C53H35N7. The van der Waals surface area contributed by atoms with Crippen LogP contribution in [-0.4, -0.2) is 34.9 Å². The zero-order chi connectivity index (χ0) is 40.1. The molecule has 0 aliphatic carbocycles. The third kappa shape index (κ3) is 7.58. The van der Waals surface area contributed by atoms with Gasteiger partial charge in [0, 0.05) is 52.6 Å². The van der Waals surface area contributed by atoms with Crippen molar-refractivity contribution in [3.05, 3.63) is 213 Å². The molecule has 0 amide bonds. The van der Waals surface area contributed by atoms with Gasteiger partial charge in [-0.05, 0) is 87.0 Å². The summed E-state index contributed by atoms with van der Waals surface area (Å²) in [5.74, 6) is 2.93. The molecule has 0 atom stereocenters. The van der Waals surface area contributed by atoms with E-state index in [-0.39, 0.29) is 0 Å². The fraction of sp³-hybridized carbons (Fsp3) is 0. The predicted octanol–water partition coefficient (Wildman–Crippen LogP) is 12.5. The average molecular weight is 770 g/mol. The highest BCUT2D eigenvalue weighted by Gasteiger charge is 2.19. The Morgan fingerprint density at radius 1 is 0.200 bits per heavy atom. The lowest BCUT2D eigenvalue weighted by atomic mass is 9.95. The Kier molecular flexibility index (Phi) is 9.79. The van der Waals surface area contributed by atoms with Gasteiger partial charge in [-0.2, -0.15) is 0 Å². The van der Waals surface area contributed by atoms with Crippen molar-refractivity contribution in [3.8, 4) is 101 Å². The van der Waals surface area contributed by atoms with Crippen LogP contribution in [0.25, 0.3) is 101 Å². The highest BCUT2D eigenvalue weighted by molar-refractivity contribution is 5.85. The van der Waals surface area contributed by atoms with Crippen LogP contribution in [-0.2, 0) is 0 Å². The monoisotopic (exact) mass is 769 g/mol. The topological polar surface area (TPSA) is 90.2 Å². The van der Waals surface area contributed by atoms with Gasteiger partial charge >= 0.3 is 0 Å². The van der Waals surface area contributed by atoms with Crippen molar-refractivity contribution in [2.24, 2.45) is 0 Å². The van der Waals surface area contributed by atoms with Crippen LogP contribution < -0.4 is 0 Å². The Morgan fingerprint density at radius 3 is 1.10 bits per heavy atom. The highest BCUT2D eigenvalue weighted by Crippen LogP contribution is 2.37. The molecule has 0 saturated heterocycles. The van der Waals surface area contributed by atoms with E-state index >= 15 is 0 Å². The van der Waals surface area contributed by atoms with Crippen LogP contribution in [0.4, 0.5) is 0 Å². The number of rotatable bonds is 9. The van der Waals surface area contributed by atoms with E-state index in [2.05, 4.69) is 159 Å². The van der Waals surface area contributed by atoms with Crippen LogP contribution in [0.5, 0.6) is 0 Å². The van der Waals surface area contributed by atoms with Crippen LogP contribution in [0.15, 0.2) is 213 Å². The minimum absolute atomic E-state index is 0.518. The molecule has 0 saturated carbocycles. The zero-order valence-corrected chi connectivity index (χ0v) is 32.3. The van der Waals surface area contributed by atoms with Gasteiger partial charge in [-0.25, -0.2) is 34.9 Å². The highest BCUT2D eigenvalue weighted by atomic mass is 15.0. The van der Waals surface area contributed by atoms with Crippen LogP contribution in [0.2, 0.25) is 0 Å². The summed E-state index contributed by atoms with van der Waals surface area (Å²) in [7, 11) is 0. The fourth-order valence-electron chi connectivity index (χ4n) is 7.37. The first-order chi connectivity index (χ1) is 29.7. The number of hydrogen-bond donors (Lipinski definition) is 0. The Labute approximate surface area is 347 Å². The van der Waals surface area contributed by atoms with Crippen LogP contribution in [0.1, 0.15) is 0 Å². The van der Waals surface area contributed by atoms with E-state index in [1.807, 2.05) is 48.5 Å². The Bertz CT molecular complexity index is 2970. The lowest BCUT2D eigenvalue weighted by molar-refractivity contribution is 1.07. The van der Waals surface area contributed by atoms with Crippen molar-refractivity contribution >= 4 is 0 Å². The second kappa shape index (κ2) is 16.3. The van der Waals surface area contributed by atoms with Crippen molar-refractivity contribution in [2.45, 2.75) is 0 Å². The van der Waals surface area contributed by atoms with Gasteiger partial charge in [0.15, 0.2) is 29.1 Å². The number of benzene rings is 7. The number of aromatic nitrogens is 7. The van der Waals surface area contributed by atoms with Crippen LogP contribution in [0, 0.1) is 0 Å². The summed E-state index contributed by atoms with van der Waals surface area (Å²) in [6, 6.07) is 64.3. The van der Waals surface area contributed by atoms with E-state index in [0.29, 0.717) is 29.1 Å². The third-order valence-corrected chi connectivity index (χ3v) is 10.4. The first-order valence-corrected chi connectivity index (χ1v) is 19.7. The summed E-state index contributed by atoms with van der Waals surface area (Å²) in [6.45, 7) is 0. The fourth-order valence-corrected chi connectivity index (χ4v) is 7.37. The Hall–Kier alpha value is -8.29. The average Bonchev–Trinajstić information content (AvgIpc) is 3.35. The molecule has 60 heavy (non-hydrogen) atoms. The van der Waals surface area contributed by atoms with Gasteiger partial charge in [0.1, 0.15) is 0 Å². The molecule has 10 aromatic rings. The molecule has 0 bridgehead atoms. The van der Waals surface area contributed by atoms with Crippen LogP contribution in [0.3, 0.4) is 0 Å². The standard InChI is InChI=1S/C53H35N7/c1-3-12-36(13-4-1)41-17-8-20-45(33-41)50-58-51(46-21-9-18-42(34-46)37-14-5-2-6-15-37)60-53(59-50)48-35-44(26-27-47(48)52-56-30-11-31-57-52)43-19-7-16-40(32-43)38-22-24-39(25-23-38)49-54-28-10-29-55-49/h1-35H. The molecule has 10 rings (SSSR count). The molecule has 0 radical (unpaired) electrons. The predicted molar refractivity (Wildman–Crippen MR) is 240 cm³/mol. The molecule has 0 N–H and O–H groups in total. The normalized spacial score (nSPS) is 11.0. The molecule has 0 unspecified atom stereocenters. The lowest BCUT2D eigenvalue weighted by Crippen LogP contribution is -2.02. The van der Waals surface area contributed by atoms with Crippen molar-refractivity contribution < 1.29 is 0 Å². The Morgan fingerprint density at radius 2 is 0.567 bits per heavy atom. The molecular weight excluding hydrogens is 735 g/mol. The smallest absolute Gasteiger partial charge is 0.164 e. The summed E-state index contributed by atoms with van der Waals surface area (Å²) in [6.07, 6.45) is 7.03. The molecule has 7 aromatic carbocycles. The molecule has 0 fully saturated rings. The van der Waals surface area contributed by atoms with E-state index in [1.165, 1.54) is 0 Å². The maximum absolute atomic E-state index is 5.25. The van der Waals surface area contributed by atoms with E-state index in [4.69, 9.17) is 15.0 Å². The lowest BCUT2D eigenvalue weighted by Gasteiger charge is -2.14. The van der Waals surface area contributed by atoms with E-state index in [9.17, 15) is 0 Å². The quantitative estimate of drug-likeness (QED) is 0.144. The van der Waals surface area contributed by atoms with E-state index < -0.39 is 0 Å². The van der Waals surface area contributed by atoms with Gasteiger partial charge in [-0.15, -0.1) is 0 Å². The molecule has 0 aliphatic rings. The second-order valence-corrected chi connectivity index (χ2v) is 14.3. The van der Waals surface area contributed by atoms with Gasteiger partial charge in [0.25, 0.3) is 0 Å². The summed E-state index contributed by atoms with van der Waals surface area (Å²) in [4.78, 5) is 33.8. The molecule has 3 aromatic heterocycles. The van der Waals surface area contributed by atoms with Gasteiger partial charge in [0.05, 0.1) is 0 Å². The minimum atomic E-state index is 0.518. The van der Waals surface area contributed by atoms with Crippen molar-refractivity contribution in [2.75, 3.05) is 0 Å². The summed E-state index contributed by atoms with van der Waals surface area (Å²) in [5, 5.41) is 0. The number of nitrogens with zero attached hydrogens (tertiary/aromatic N) is 7. The summed E-state index contributed by atoms with van der Waals surface area (Å²) >= 11 is 0. The summed E-state index contributed by atoms with van der Waals surface area (Å²) < 4.78 is 0. The molecule has 282 valence electrons. The van der Waals surface area contributed by atoms with Gasteiger partial charge in [-0.1, -0.05) is 146 Å². The van der Waals surface area contributed by atoms with E-state index in [1.54, 1.807) is 24.8 Å². The van der Waals surface area contributed by atoms with Crippen molar-refractivity contribution in [1.82, 2.24) is 34.9 Å². The first-order valence-electron chi connectivity index (χ1n) is 19.7. The number of hydrogen-bond acceptors (Lipinski definition) is 7.